The minimum atomic E-state index is -7.78. The number of halogens is 13. The van der Waals surface area contributed by atoms with Gasteiger partial charge in [0.1, 0.15) is 12.7 Å². The number of epoxide rings is 1. The van der Waals surface area contributed by atoms with E-state index in [0.29, 0.717) is 0 Å². The van der Waals surface area contributed by atoms with Gasteiger partial charge < -0.3 is 9.47 Å². The first kappa shape index (κ1) is 23.4. The van der Waals surface area contributed by atoms with Gasteiger partial charge in [-0.05, 0) is 0 Å². The van der Waals surface area contributed by atoms with Gasteiger partial charge in [0.25, 0.3) is 0 Å². The van der Waals surface area contributed by atoms with Crippen LogP contribution in [0, 0.1) is 0 Å². The molecule has 0 N–H and O–H groups in total. The Morgan fingerprint density at radius 2 is 1.23 bits per heavy atom. The van der Waals surface area contributed by atoms with Gasteiger partial charge in [0.15, 0.2) is 0 Å². The maximum absolute atomic E-state index is 13.3. The molecule has 1 saturated heterocycles. The van der Waals surface area contributed by atoms with Gasteiger partial charge in [0, 0.05) is 22.6 Å². The van der Waals surface area contributed by atoms with Crippen LogP contribution in [0.3, 0.4) is 0 Å². The molecule has 0 radical (unpaired) electrons. The van der Waals surface area contributed by atoms with E-state index < -0.39 is 74.8 Å². The molecule has 1 atom stereocenters. The highest BCUT2D eigenvalue weighted by atomic mass is 127. The van der Waals surface area contributed by atoms with Crippen LogP contribution in [0.2, 0.25) is 0 Å². The van der Waals surface area contributed by atoms with Crippen molar-refractivity contribution in [1.82, 2.24) is 0 Å². The van der Waals surface area contributed by atoms with E-state index in [0.717, 1.165) is 0 Å². The smallest absolute Gasteiger partial charge is 0.410 e. The second-order valence-electron chi connectivity index (χ2n) is 4.92. The van der Waals surface area contributed by atoms with Crippen LogP contribution in [0.25, 0.3) is 0 Å². The van der Waals surface area contributed by atoms with Crippen molar-refractivity contribution in [2.24, 2.45) is 0 Å². The summed E-state index contributed by atoms with van der Waals surface area (Å²) in [4.78, 5) is 10.8. The molecule has 1 rings (SSSR count). The molecule has 3 nitrogen and oxygen atoms in total. The van der Waals surface area contributed by atoms with E-state index in [4.69, 9.17) is 0 Å². The van der Waals surface area contributed by atoms with Crippen LogP contribution >= 0.6 is 22.6 Å². The summed E-state index contributed by atoms with van der Waals surface area (Å²) in [6, 6.07) is 0. The van der Waals surface area contributed by atoms with Crippen LogP contribution in [-0.4, -0.2) is 58.8 Å². The monoisotopic (exact) mass is 528 g/mol. The molecule has 1 unspecified atom stereocenters. The second kappa shape index (κ2) is 6.44. The molecule has 0 aromatic carbocycles. The number of carbonyl (C=O) groups excluding carboxylic acids is 1. The Labute approximate surface area is 149 Å². The van der Waals surface area contributed by atoms with Crippen molar-refractivity contribution in [1.29, 1.82) is 0 Å². The third kappa shape index (κ3) is 3.42. The number of carbonyl (C=O) groups is 1. The van der Waals surface area contributed by atoms with E-state index in [1.54, 1.807) is 0 Å². The largest absolute Gasteiger partial charge is 0.458 e. The van der Waals surface area contributed by atoms with Gasteiger partial charge in [-0.25, -0.2) is 4.79 Å². The summed E-state index contributed by atoms with van der Waals surface area (Å²) in [6.07, 6.45) is -1.03. The quantitative estimate of drug-likeness (QED) is 0.157. The fourth-order valence-corrected chi connectivity index (χ4v) is 1.66. The zero-order valence-corrected chi connectivity index (χ0v) is 13.8. The van der Waals surface area contributed by atoms with E-state index in [-0.39, 0.29) is 6.61 Å². The molecule has 1 aliphatic heterocycles. The Balaban J connectivity index is 3.26. The lowest BCUT2D eigenvalue weighted by Crippen LogP contribution is -2.71. The Morgan fingerprint density at radius 3 is 1.58 bits per heavy atom. The second-order valence-corrected chi connectivity index (χ2v) is 6.28. The highest BCUT2D eigenvalue weighted by Gasteiger charge is 2.91. The molecule has 1 aliphatic rings. The highest BCUT2D eigenvalue weighted by molar-refractivity contribution is 14.1. The SMILES string of the molecule is O=C(OCC1CO1)C(F)(F)C(F)(F)C(F)(F)C(F)(F)C(F)(F)C(F)(F)I. The lowest BCUT2D eigenvalue weighted by molar-refractivity contribution is -0.410. The minimum absolute atomic E-state index is 0.180. The average molecular weight is 528 g/mol. The Kier molecular flexibility index (Phi) is 5.79. The number of hydrogen-bond donors (Lipinski definition) is 0. The Bertz CT molecular complexity index is 554. The van der Waals surface area contributed by atoms with Gasteiger partial charge >= 0.3 is 39.5 Å². The number of rotatable bonds is 8. The number of hydrogen-bond acceptors (Lipinski definition) is 3. The van der Waals surface area contributed by atoms with Crippen molar-refractivity contribution in [2.75, 3.05) is 13.2 Å². The summed E-state index contributed by atoms with van der Waals surface area (Å²) in [5.41, 5.74) is 0. The first-order valence-corrected chi connectivity index (χ1v) is 7.07. The summed E-state index contributed by atoms with van der Waals surface area (Å²) in [7, 11) is 0. The van der Waals surface area contributed by atoms with Crippen LogP contribution in [0.15, 0.2) is 0 Å². The molecular formula is C10H5F12IO3. The molecule has 0 bridgehead atoms. The Hall–Kier alpha value is -0.680. The lowest BCUT2D eigenvalue weighted by Gasteiger charge is -2.39. The molecule has 0 aliphatic carbocycles. The molecule has 0 saturated carbocycles. The topological polar surface area (TPSA) is 38.8 Å². The van der Waals surface area contributed by atoms with Crippen molar-refractivity contribution < 1.29 is 67.0 Å². The summed E-state index contributed by atoms with van der Waals surface area (Å²) in [6.45, 7) is -1.32. The molecule has 0 spiro atoms. The van der Waals surface area contributed by atoms with Gasteiger partial charge in [0.05, 0.1) is 6.61 Å². The third-order valence-corrected chi connectivity index (χ3v) is 3.67. The molecule has 26 heavy (non-hydrogen) atoms. The van der Waals surface area contributed by atoms with Gasteiger partial charge in [-0.15, -0.1) is 0 Å². The molecule has 154 valence electrons. The average Bonchev–Trinajstić information content (AvgIpc) is 3.26. The summed E-state index contributed by atoms with van der Waals surface area (Å²) >= 11 is -0.760. The zero-order valence-electron chi connectivity index (χ0n) is 11.6. The van der Waals surface area contributed by atoms with E-state index in [2.05, 4.69) is 9.47 Å². The molecule has 0 amide bonds. The van der Waals surface area contributed by atoms with Crippen LogP contribution in [0.5, 0.6) is 0 Å². The van der Waals surface area contributed by atoms with Crippen LogP contribution in [-0.2, 0) is 14.3 Å². The number of esters is 1. The standard InChI is InChI=1S/C10H5F12IO3/c11-5(12,4(24)26-2-3-1-25-3)6(13,14)7(15,16)8(17,18)9(19,20)10(21,22)23/h3H,1-2H2. The molecule has 1 heterocycles. The first-order valence-electron chi connectivity index (χ1n) is 5.99. The van der Waals surface area contributed by atoms with E-state index in [9.17, 15) is 57.5 Å². The predicted octanol–water partition coefficient (Wildman–Crippen LogP) is 4.13. The van der Waals surface area contributed by atoms with Gasteiger partial charge in [-0.1, -0.05) is 0 Å². The van der Waals surface area contributed by atoms with E-state index in [1.807, 2.05) is 0 Å². The maximum Gasteiger partial charge on any atom is 0.410 e. The molecular weight excluding hydrogens is 523 g/mol. The predicted molar refractivity (Wildman–Crippen MR) is 64.4 cm³/mol. The van der Waals surface area contributed by atoms with Crippen molar-refractivity contribution in [3.05, 3.63) is 0 Å². The van der Waals surface area contributed by atoms with Crippen molar-refractivity contribution in [3.63, 3.8) is 0 Å². The fourth-order valence-electron chi connectivity index (χ4n) is 1.32. The van der Waals surface area contributed by atoms with Crippen molar-refractivity contribution in [3.8, 4) is 0 Å². The normalized spacial score (nSPS) is 20.1. The number of alkyl halides is 13. The van der Waals surface area contributed by atoms with Crippen molar-refractivity contribution in [2.45, 2.75) is 39.6 Å². The molecule has 16 heteroatoms. The lowest BCUT2D eigenvalue weighted by atomic mass is 9.94. The first-order chi connectivity index (χ1) is 11.2. The number of ether oxygens (including phenoxy) is 2. The third-order valence-electron chi connectivity index (χ3n) is 2.99. The van der Waals surface area contributed by atoms with Crippen molar-refractivity contribution >= 4 is 28.6 Å². The minimum Gasteiger partial charge on any atom is -0.458 e. The van der Waals surface area contributed by atoms with Crippen LogP contribution in [0.4, 0.5) is 52.7 Å². The Morgan fingerprint density at radius 1 is 0.846 bits per heavy atom. The zero-order chi connectivity index (χ0) is 21.0. The van der Waals surface area contributed by atoms with Gasteiger partial charge in [0.2, 0.25) is 0 Å². The molecule has 1 fully saturated rings. The fraction of sp³-hybridized carbons (Fsp3) is 0.900. The van der Waals surface area contributed by atoms with Gasteiger partial charge in [-0.3, -0.25) is 0 Å². The summed E-state index contributed by atoms with van der Waals surface area (Å²) in [5.74, 6) is -40.4. The maximum atomic E-state index is 13.3. The van der Waals surface area contributed by atoms with E-state index >= 15 is 0 Å². The molecule has 0 aromatic heterocycles. The summed E-state index contributed by atoms with van der Waals surface area (Å²) < 4.78 is 158. The molecule has 0 aromatic rings. The van der Waals surface area contributed by atoms with Crippen LogP contribution in [0.1, 0.15) is 0 Å². The van der Waals surface area contributed by atoms with Crippen LogP contribution < -0.4 is 0 Å². The summed E-state index contributed by atoms with van der Waals surface area (Å²) in [5, 5.41) is 0. The van der Waals surface area contributed by atoms with E-state index in [1.165, 1.54) is 0 Å². The highest BCUT2D eigenvalue weighted by Crippen LogP contribution is 2.61. The van der Waals surface area contributed by atoms with Gasteiger partial charge in [-0.2, -0.15) is 52.7 Å².